The van der Waals surface area contributed by atoms with Gasteiger partial charge in [-0.2, -0.15) is 0 Å². The van der Waals surface area contributed by atoms with Gasteiger partial charge >= 0.3 is 0 Å². The van der Waals surface area contributed by atoms with E-state index < -0.39 is 10.8 Å². The number of aromatic nitrogens is 1. The van der Waals surface area contributed by atoms with Crippen LogP contribution in [-0.2, 0) is 0 Å². The maximum absolute atomic E-state index is 12.1. The van der Waals surface area contributed by atoms with E-state index in [0.29, 0.717) is 5.69 Å². The lowest BCUT2D eigenvalue weighted by atomic mass is 10.1. The van der Waals surface area contributed by atoms with Crippen LogP contribution in [0, 0.1) is 10.1 Å². The maximum atomic E-state index is 12.1. The Morgan fingerprint density at radius 2 is 2.14 bits per heavy atom. The Balaban J connectivity index is 2.27. The van der Waals surface area contributed by atoms with Crippen molar-refractivity contribution in [1.29, 1.82) is 0 Å². The Morgan fingerprint density at radius 3 is 2.71 bits per heavy atom. The van der Waals surface area contributed by atoms with Crippen LogP contribution in [0.25, 0.3) is 0 Å². The van der Waals surface area contributed by atoms with Gasteiger partial charge in [0.1, 0.15) is 5.56 Å². The molecule has 8 heteroatoms. The summed E-state index contributed by atoms with van der Waals surface area (Å²) in [6.45, 7) is 3.84. The predicted molar refractivity (Wildman–Crippen MR) is 76.7 cm³/mol. The second-order valence-corrected chi connectivity index (χ2v) is 5.08. The molecule has 0 aliphatic rings. The largest absolute Gasteiger partial charge is 0.338 e. The van der Waals surface area contributed by atoms with Crippen LogP contribution in [0.15, 0.2) is 28.8 Å². The molecule has 0 unspecified atom stereocenters. The molecule has 0 radical (unpaired) electrons. The Hall–Kier alpha value is -2.41. The molecule has 2 rings (SSSR count). The smallest absolute Gasteiger partial charge is 0.282 e. The van der Waals surface area contributed by atoms with Crippen molar-refractivity contribution >= 4 is 29.1 Å². The molecule has 110 valence electrons. The van der Waals surface area contributed by atoms with Gasteiger partial charge in [0, 0.05) is 17.2 Å². The van der Waals surface area contributed by atoms with Crippen molar-refractivity contribution < 1.29 is 14.2 Å². The van der Waals surface area contributed by atoms with Crippen molar-refractivity contribution in [2.75, 3.05) is 5.32 Å². The van der Waals surface area contributed by atoms with Crippen molar-refractivity contribution in [3.8, 4) is 0 Å². The summed E-state index contributed by atoms with van der Waals surface area (Å²) in [5.41, 5.74) is 0.196. The number of benzene rings is 1. The van der Waals surface area contributed by atoms with E-state index >= 15 is 0 Å². The molecular formula is C13H12ClN3O4. The molecule has 0 atom stereocenters. The SMILES string of the molecule is CC(C)c1cc(NC(=O)c2cc(Cl)ccc2[N+](=O)[O-])on1. The van der Waals surface area contributed by atoms with Crippen LogP contribution in [0.5, 0.6) is 0 Å². The Kier molecular flexibility index (Phi) is 4.23. The number of amides is 1. The third kappa shape index (κ3) is 3.38. The number of hydrogen-bond donors (Lipinski definition) is 1. The third-order valence-corrected chi connectivity index (χ3v) is 2.99. The van der Waals surface area contributed by atoms with Gasteiger partial charge in [0.25, 0.3) is 11.6 Å². The summed E-state index contributed by atoms with van der Waals surface area (Å²) in [6, 6.07) is 5.33. The average molecular weight is 310 g/mol. The summed E-state index contributed by atoms with van der Waals surface area (Å²) in [5, 5.41) is 17.4. The summed E-state index contributed by atoms with van der Waals surface area (Å²) >= 11 is 5.78. The molecule has 0 fully saturated rings. The van der Waals surface area contributed by atoms with Crippen molar-refractivity contribution in [1.82, 2.24) is 5.16 Å². The normalized spacial score (nSPS) is 10.7. The van der Waals surface area contributed by atoms with Crippen molar-refractivity contribution in [2.24, 2.45) is 0 Å². The van der Waals surface area contributed by atoms with Crippen LogP contribution in [-0.4, -0.2) is 16.0 Å². The van der Waals surface area contributed by atoms with Gasteiger partial charge in [0.05, 0.1) is 10.6 Å². The Morgan fingerprint density at radius 1 is 1.43 bits per heavy atom. The van der Waals surface area contributed by atoms with Crippen LogP contribution in [0.4, 0.5) is 11.6 Å². The number of carbonyl (C=O) groups excluding carboxylic acids is 1. The van der Waals surface area contributed by atoms with E-state index in [-0.39, 0.29) is 28.1 Å². The molecule has 0 aliphatic heterocycles. The van der Waals surface area contributed by atoms with E-state index in [1.807, 2.05) is 13.8 Å². The molecular weight excluding hydrogens is 298 g/mol. The number of halogens is 1. The van der Waals surface area contributed by atoms with Crippen LogP contribution < -0.4 is 5.32 Å². The van der Waals surface area contributed by atoms with Crippen LogP contribution >= 0.6 is 11.6 Å². The number of nitrogens with one attached hydrogen (secondary N) is 1. The number of carbonyl (C=O) groups is 1. The molecule has 7 nitrogen and oxygen atoms in total. The zero-order valence-corrected chi connectivity index (χ0v) is 12.0. The molecule has 1 aromatic carbocycles. The lowest BCUT2D eigenvalue weighted by Gasteiger charge is -2.03. The molecule has 0 aliphatic carbocycles. The van der Waals surface area contributed by atoms with Crippen molar-refractivity contribution in [3.63, 3.8) is 0 Å². The zero-order chi connectivity index (χ0) is 15.6. The minimum atomic E-state index is -0.685. The zero-order valence-electron chi connectivity index (χ0n) is 11.3. The molecule has 0 spiro atoms. The number of nitro benzene ring substituents is 1. The van der Waals surface area contributed by atoms with E-state index in [1.165, 1.54) is 18.2 Å². The first-order valence-corrected chi connectivity index (χ1v) is 6.48. The molecule has 21 heavy (non-hydrogen) atoms. The standard InChI is InChI=1S/C13H12ClN3O4/c1-7(2)10-6-12(21-16-10)15-13(18)9-5-8(14)3-4-11(9)17(19)20/h3-7H,1-2H3,(H,15,18). The second kappa shape index (κ2) is 5.92. The summed E-state index contributed by atoms with van der Waals surface area (Å²) in [4.78, 5) is 22.4. The highest BCUT2D eigenvalue weighted by Gasteiger charge is 2.21. The third-order valence-electron chi connectivity index (χ3n) is 2.76. The topological polar surface area (TPSA) is 98.3 Å². The van der Waals surface area contributed by atoms with Gasteiger partial charge in [0.15, 0.2) is 0 Å². The Labute approximate surface area is 125 Å². The van der Waals surface area contributed by atoms with Crippen molar-refractivity contribution in [2.45, 2.75) is 19.8 Å². The summed E-state index contributed by atoms with van der Waals surface area (Å²) in [7, 11) is 0. The number of hydrogen-bond acceptors (Lipinski definition) is 5. The highest BCUT2D eigenvalue weighted by molar-refractivity contribution is 6.31. The van der Waals surface area contributed by atoms with Gasteiger partial charge < -0.3 is 4.52 Å². The molecule has 0 bridgehead atoms. The van der Waals surface area contributed by atoms with Crippen molar-refractivity contribution in [3.05, 3.63) is 50.7 Å². The van der Waals surface area contributed by atoms with Gasteiger partial charge in [0.2, 0.25) is 5.88 Å². The quantitative estimate of drug-likeness (QED) is 0.687. The van der Waals surface area contributed by atoms with Crippen LogP contribution in [0.3, 0.4) is 0 Å². The van der Waals surface area contributed by atoms with E-state index in [0.717, 1.165) is 0 Å². The first-order valence-electron chi connectivity index (χ1n) is 6.10. The number of anilines is 1. The maximum Gasteiger partial charge on any atom is 0.282 e. The summed E-state index contributed by atoms with van der Waals surface area (Å²) in [5.74, 6) is -0.423. The van der Waals surface area contributed by atoms with E-state index in [1.54, 1.807) is 6.07 Å². The highest BCUT2D eigenvalue weighted by atomic mass is 35.5. The minimum Gasteiger partial charge on any atom is -0.338 e. The molecule has 1 aromatic heterocycles. The van der Waals surface area contributed by atoms with Gasteiger partial charge in [-0.3, -0.25) is 20.2 Å². The Bertz CT molecular complexity index is 696. The van der Waals surface area contributed by atoms with Gasteiger partial charge in [-0.15, -0.1) is 0 Å². The average Bonchev–Trinajstić information content (AvgIpc) is 2.86. The first-order chi connectivity index (χ1) is 9.88. The highest BCUT2D eigenvalue weighted by Crippen LogP contribution is 2.24. The van der Waals surface area contributed by atoms with E-state index in [4.69, 9.17) is 16.1 Å². The van der Waals surface area contributed by atoms with Gasteiger partial charge in [-0.1, -0.05) is 30.6 Å². The van der Waals surface area contributed by atoms with E-state index in [2.05, 4.69) is 10.5 Å². The molecule has 0 saturated carbocycles. The first kappa shape index (κ1) is 15.0. The monoisotopic (exact) mass is 309 g/mol. The summed E-state index contributed by atoms with van der Waals surface area (Å²) in [6.07, 6.45) is 0. The number of rotatable bonds is 4. The number of nitro groups is 1. The van der Waals surface area contributed by atoms with Crippen LogP contribution in [0.1, 0.15) is 35.8 Å². The molecule has 2 aromatic rings. The van der Waals surface area contributed by atoms with E-state index in [9.17, 15) is 14.9 Å². The summed E-state index contributed by atoms with van der Waals surface area (Å²) < 4.78 is 4.96. The predicted octanol–water partition coefficient (Wildman–Crippen LogP) is 3.61. The minimum absolute atomic E-state index is 0.123. The molecule has 1 heterocycles. The fraction of sp³-hybridized carbons (Fsp3) is 0.231. The fourth-order valence-electron chi connectivity index (χ4n) is 1.65. The lowest BCUT2D eigenvalue weighted by molar-refractivity contribution is -0.385. The molecule has 1 N–H and O–H groups in total. The molecule has 1 amide bonds. The van der Waals surface area contributed by atoms with Crippen LogP contribution in [0.2, 0.25) is 5.02 Å². The lowest BCUT2D eigenvalue weighted by Crippen LogP contribution is -2.13. The molecule has 0 saturated heterocycles. The second-order valence-electron chi connectivity index (χ2n) is 4.64. The van der Waals surface area contributed by atoms with Gasteiger partial charge in [-0.05, 0) is 18.1 Å². The number of nitrogens with zero attached hydrogens (tertiary/aromatic N) is 2. The fourth-order valence-corrected chi connectivity index (χ4v) is 1.82. The van der Waals surface area contributed by atoms with Gasteiger partial charge in [-0.25, -0.2) is 0 Å².